The van der Waals surface area contributed by atoms with Crippen molar-refractivity contribution in [2.75, 3.05) is 18.8 Å². The lowest BCUT2D eigenvalue weighted by atomic mass is 10.0. The highest BCUT2D eigenvalue weighted by atomic mass is 32.1. The molecule has 3 nitrogen and oxygen atoms in total. The Balaban J connectivity index is 1.52. The van der Waals surface area contributed by atoms with Crippen LogP contribution in [0.25, 0.3) is 10.2 Å². The van der Waals surface area contributed by atoms with Crippen LogP contribution >= 0.6 is 11.3 Å². The van der Waals surface area contributed by atoms with E-state index in [0.29, 0.717) is 5.13 Å². The minimum absolute atomic E-state index is 0.669. The van der Waals surface area contributed by atoms with Gasteiger partial charge in [0.15, 0.2) is 5.13 Å². The van der Waals surface area contributed by atoms with Gasteiger partial charge in [-0.2, -0.15) is 0 Å². The average molecular weight is 273 g/mol. The van der Waals surface area contributed by atoms with Crippen LogP contribution in [0.15, 0.2) is 18.2 Å². The highest BCUT2D eigenvalue weighted by Crippen LogP contribution is 2.38. The largest absolute Gasteiger partial charge is 0.375 e. The third kappa shape index (κ3) is 2.13. The predicted molar refractivity (Wildman–Crippen MR) is 80.1 cm³/mol. The van der Waals surface area contributed by atoms with Gasteiger partial charge < -0.3 is 5.73 Å². The average Bonchev–Trinajstić information content (AvgIpc) is 3.01. The van der Waals surface area contributed by atoms with Gasteiger partial charge in [-0.15, -0.1) is 0 Å². The van der Waals surface area contributed by atoms with Gasteiger partial charge in [-0.3, -0.25) is 4.90 Å². The zero-order chi connectivity index (χ0) is 12.8. The zero-order valence-corrected chi connectivity index (χ0v) is 11.8. The molecule has 2 aromatic rings. The molecule has 100 valence electrons. The monoisotopic (exact) mass is 273 g/mol. The molecule has 0 amide bonds. The van der Waals surface area contributed by atoms with Gasteiger partial charge in [-0.25, -0.2) is 4.98 Å². The molecule has 0 bridgehead atoms. The van der Waals surface area contributed by atoms with Gasteiger partial charge in [0.2, 0.25) is 0 Å². The summed E-state index contributed by atoms with van der Waals surface area (Å²) in [5, 5.41) is 0.669. The number of fused-ring (bicyclic) bond motifs is 2. The Kier molecular flexibility index (Phi) is 2.74. The van der Waals surface area contributed by atoms with Crippen molar-refractivity contribution in [1.29, 1.82) is 0 Å². The van der Waals surface area contributed by atoms with E-state index in [-0.39, 0.29) is 0 Å². The highest BCUT2D eigenvalue weighted by Gasteiger charge is 2.35. The number of hydrogen-bond acceptors (Lipinski definition) is 4. The van der Waals surface area contributed by atoms with Crippen LogP contribution in [0.5, 0.6) is 0 Å². The van der Waals surface area contributed by atoms with E-state index in [1.54, 1.807) is 11.3 Å². The number of likely N-dealkylation sites (tertiary alicyclic amines) is 1. The van der Waals surface area contributed by atoms with Crippen LogP contribution in [-0.2, 0) is 6.54 Å². The molecule has 0 spiro atoms. The second kappa shape index (κ2) is 4.46. The molecule has 2 unspecified atom stereocenters. The fourth-order valence-electron chi connectivity index (χ4n) is 3.80. The second-order valence-electron chi connectivity index (χ2n) is 6.00. The Morgan fingerprint density at radius 2 is 2.05 bits per heavy atom. The van der Waals surface area contributed by atoms with Crippen molar-refractivity contribution < 1.29 is 0 Å². The van der Waals surface area contributed by atoms with E-state index in [2.05, 4.69) is 28.1 Å². The summed E-state index contributed by atoms with van der Waals surface area (Å²) < 4.78 is 1.22. The molecule has 1 aliphatic heterocycles. The van der Waals surface area contributed by atoms with Crippen LogP contribution < -0.4 is 5.73 Å². The maximum atomic E-state index is 5.76. The van der Waals surface area contributed by atoms with E-state index in [0.717, 1.165) is 23.9 Å². The van der Waals surface area contributed by atoms with Gasteiger partial charge in [0.05, 0.1) is 10.2 Å². The third-order valence-corrected chi connectivity index (χ3v) is 5.52. The fraction of sp³-hybridized carbons (Fsp3) is 0.533. The lowest BCUT2D eigenvalue weighted by Gasteiger charge is -2.16. The van der Waals surface area contributed by atoms with Gasteiger partial charge in [-0.05, 0) is 42.4 Å². The summed E-state index contributed by atoms with van der Waals surface area (Å²) >= 11 is 1.59. The van der Waals surface area contributed by atoms with Crippen molar-refractivity contribution in [2.45, 2.75) is 25.8 Å². The van der Waals surface area contributed by atoms with Crippen LogP contribution in [0.4, 0.5) is 5.13 Å². The van der Waals surface area contributed by atoms with Crippen LogP contribution in [-0.4, -0.2) is 23.0 Å². The first-order valence-corrected chi connectivity index (χ1v) is 7.97. The van der Waals surface area contributed by atoms with Gasteiger partial charge in [0.1, 0.15) is 0 Å². The second-order valence-corrected chi connectivity index (χ2v) is 7.06. The van der Waals surface area contributed by atoms with E-state index in [9.17, 15) is 0 Å². The molecule has 1 aromatic heterocycles. The first kappa shape index (κ1) is 11.7. The SMILES string of the molecule is Nc1nc2ccc(CN3CC4CCCC4C3)cc2s1. The topological polar surface area (TPSA) is 42.1 Å². The Morgan fingerprint density at radius 3 is 2.84 bits per heavy atom. The molecule has 1 saturated heterocycles. The molecule has 1 aliphatic carbocycles. The van der Waals surface area contributed by atoms with Crippen molar-refractivity contribution in [1.82, 2.24) is 9.88 Å². The smallest absolute Gasteiger partial charge is 0.181 e. The van der Waals surface area contributed by atoms with Crippen LogP contribution in [0.1, 0.15) is 24.8 Å². The molecule has 19 heavy (non-hydrogen) atoms. The van der Waals surface area contributed by atoms with Crippen LogP contribution in [0, 0.1) is 11.8 Å². The van der Waals surface area contributed by atoms with Gasteiger partial charge in [0, 0.05) is 19.6 Å². The Labute approximate surface area is 117 Å². The molecule has 2 N–H and O–H groups in total. The van der Waals surface area contributed by atoms with Crippen LogP contribution in [0.3, 0.4) is 0 Å². The number of benzene rings is 1. The summed E-state index contributed by atoms with van der Waals surface area (Å²) in [6.07, 6.45) is 4.35. The summed E-state index contributed by atoms with van der Waals surface area (Å²) in [5.41, 5.74) is 8.19. The van der Waals surface area contributed by atoms with E-state index in [1.807, 2.05) is 0 Å². The Hall–Kier alpha value is -1.13. The number of hydrogen-bond donors (Lipinski definition) is 1. The molecule has 0 radical (unpaired) electrons. The minimum atomic E-state index is 0.669. The van der Waals surface area contributed by atoms with Gasteiger partial charge in [-0.1, -0.05) is 23.8 Å². The predicted octanol–water partition coefficient (Wildman–Crippen LogP) is 3.11. The Bertz CT molecular complexity index is 594. The standard InChI is InChI=1S/C15H19N3S/c16-15-17-13-5-4-10(6-14(13)19-15)7-18-8-11-2-1-3-12(11)9-18/h4-6,11-12H,1-3,7-9H2,(H2,16,17). The number of thiazole rings is 1. The lowest BCUT2D eigenvalue weighted by molar-refractivity contribution is 0.303. The van der Waals surface area contributed by atoms with Crippen molar-refractivity contribution in [3.05, 3.63) is 23.8 Å². The molecule has 4 heteroatoms. The van der Waals surface area contributed by atoms with Crippen molar-refractivity contribution in [3.8, 4) is 0 Å². The van der Waals surface area contributed by atoms with Crippen LogP contribution in [0.2, 0.25) is 0 Å². The van der Waals surface area contributed by atoms with E-state index >= 15 is 0 Å². The van der Waals surface area contributed by atoms with Crippen molar-refractivity contribution in [3.63, 3.8) is 0 Å². The summed E-state index contributed by atoms with van der Waals surface area (Å²) in [5.74, 6) is 1.95. The van der Waals surface area contributed by atoms with Gasteiger partial charge in [0.25, 0.3) is 0 Å². The summed E-state index contributed by atoms with van der Waals surface area (Å²) in [6.45, 7) is 3.68. The van der Waals surface area contributed by atoms with E-state index in [1.165, 1.54) is 42.6 Å². The maximum absolute atomic E-state index is 5.76. The number of nitrogens with two attached hydrogens (primary N) is 1. The maximum Gasteiger partial charge on any atom is 0.181 e. The molecule has 2 aliphatic rings. The summed E-state index contributed by atoms with van der Waals surface area (Å²) in [7, 11) is 0. The zero-order valence-electron chi connectivity index (χ0n) is 11.0. The first-order chi connectivity index (χ1) is 9.28. The quantitative estimate of drug-likeness (QED) is 0.914. The molecule has 2 atom stereocenters. The van der Waals surface area contributed by atoms with Gasteiger partial charge >= 0.3 is 0 Å². The molecule has 2 heterocycles. The van der Waals surface area contributed by atoms with E-state index < -0.39 is 0 Å². The third-order valence-electron chi connectivity index (χ3n) is 4.68. The number of nitrogen functional groups attached to an aromatic ring is 1. The molecule has 1 saturated carbocycles. The van der Waals surface area contributed by atoms with Crippen molar-refractivity contribution >= 4 is 26.7 Å². The molecule has 1 aromatic carbocycles. The lowest BCUT2D eigenvalue weighted by Crippen LogP contribution is -2.20. The number of rotatable bonds is 2. The highest BCUT2D eigenvalue weighted by molar-refractivity contribution is 7.22. The molecule has 2 fully saturated rings. The Morgan fingerprint density at radius 1 is 1.26 bits per heavy atom. The molecular weight excluding hydrogens is 254 g/mol. The minimum Gasteiger partial charge on any atom is -0.375 e. The first-order valence-electron chi connectivity index (χ1n) is 7.15. The molecule has 4 rings (SSSR count). The summed E-state index contributed by atoms with van der Waals surface area (Å²) in [6, 6.07) is 6.57. The number of aromatic nitrogens is 1. The molecular formula is C15H19N3S. The summed E-state index contributed by atoms with van der Waals surface area (Å²) in [4.78, 5) is 6.94. The number of nitrogens with zero attached hydrogens (tertiary/aromatic N) is 2. The van der Waals surface area contributed by atoms with E-state index in [4.69, 9.17) is 5.73 Å². The van der Waals surface area contributed by atoms with Crippen molar-refractivity contribution in [2.24, 2.45) is 11.8 Å². The normalized spacial score (nSPS) is 27.2. The fourth-order valence-corrected chi connectivity index (χ4v) is 4.60. The number of anilines is 1.